The molecule has 6 nitrogen and oxygen atoms in total. The lowest BCUT2D eigenvalue weighted by Gasteiger charge is -2.29. The van der Waals surface area contributed by atoms with Crippen LogP contribution in [0.5, 0.6) is 0 Å². The molecular formula is C14H22N4O2. The van der Waals surface area contributed by atoms with Gasteiger partial charge in [-0.15, -0.1) is 0 Å². The molecule has 1 aromatic heterocycles. The number of nitrogens with zero attached hydrogens (tertiary/aromatic N) is 4. The van der Waals surface area contributed by atoms with Gasteiger partial charge in [0.2, 0.25) is 0 Å². The van der Waals surface area contributed by atoms with Gasteiger partial charge < -0.3 is 14.4 Å². The summed E-state index contributed by atoms with van der Waals surface area (Å²) in [6.45, 7) is 9.76. The summed E-state index contributed by atoms with van der Waals surface area (Å²) in [6, 6.07) is 2.06. The summed E-state index contributed by atoms with van der Waals surface area (Å²) in [7, 11) is 0. The fourth-order valence-electron chi connectivity index (χ4n) is 2.60. The van der Waals surface area contributed by atoms with Crippen LogP contribution in [0, 0.1) is 6.92 Å². The van der Waals surface area contributed by atoms with Gasteiger partial charge in [0.25, 0.3) is 0 Å². The van der Waals surface area contributed by atoms with E-state index in [4.69, 9.17) is 14.5 Å². The predicted octanol–water partition coefficient (Wildman–Crippen LogP) is 0.454. The summed E-state index contributed by atoms with van der Waals surface area (Å²) in [6.07, 6.45) is 0. The smallest absolute Gasteiger partial charge is 0.144 e. The first-order valence-electron chi connectivity index (χ1n) is 7.28. The zero-order chi connectivity index (χ0) is 13.8. The van der Waals surface area contributed by atoms with Crippen LogP contribution in [0.2, 0.25) is 0 Å². The van der Waals surface area contributed by atoms with Crippen LogP contribution in [-0.2, 0) is 16.0 Å². The monoisotopic (exact) mass is 278 g/mol. The summed E-state index contributed by atoms with van der Waals surface area (Å²) in [5.41, 5.74) is 1.03. The van der Waals surface area contributed by atoms with E-state index in [2.05, 4.69) is 20.9 Å². The van der Waals surface area contributed by atoms with Crippen molar-refractivity contribution in [3.63, 3.8) is 0 Å². The van der Waals surface area contributed by atoms with Crippen molar-refractivity contribution in [1.82, 2.24) is 14.9 Å². The molecule has 6 heteroatoms. The van der Waals surface area contributed by atoms with Gasteiger partial charge in [0.15, 0.2) is 0 Å². The van der Waals surface area contributed by atoms with Crippen molar-refractivity contribution in [2.24, 2.45) is 0 Å². The Kier molecular flexibility index (Phi) is 4.44. The van der Waals surface area contributed by atoms with Gasteiger partial charge in [-0.05, 0) is 6.92 Å². The van der Waals surface area contributed by atoms with Crippen LogP contribution in [0.25, 0.3) is 0 Å². The third-order valence-electron chi connectivity index (χ3n) is 3.69. The van der Waals surface area contributed by atoms with Crippen LogP contribution in [0.3, 0.4) is 0 Å². The largest absolute Gasteiger partial charge is 0.379 e. The van der Waals surface area contributed by atoms with Gasteiger partial charge in [-0.25, -0.2) is 9.97 Å². The summed E-state index contributed by atoms with van der Waals surface area (Å²) in [5, 5.41) is 0. The fraction of sp³-hybridized carbons (Fsp3) is 0.714. The van der Waals surface area contributed by atoms with Crippen molar-refractivity contribution < 1.29 is 9.47 Å². The molecule has 0 unspecified atom stereocenters. The van der Waals surface area contributed by atoms with Crippen molar-refractivity contribution in [3.8, 4) is 0 Å². The molecule has 110 valence electrons. The molecule has 1 aromatic rings. The van der Waals surface area contributed by atoms with Crippen LogP contribution in [0.1, 0.15) is 11.5 Å². The molecule has 2 saturated heterocycles. The lowest BCUT2D eigenvalue weighted by molar-refractivity contribution is 0.0330. The Labute approximate surface area is 119 Å². The topological polar surface area (TPSA) is 50.7 Å². The highest BCUT2D eigenvalue weighted by Gasteiger charge is 2.16. The molecule has 0 saturated carbocycles. The number of ether oxygens (including phenoxy) is 2. The highest BCUT2D eigenvalue weighted by atomic mass is 16.5. The highest BCUT2D eigenvalue weighted by molar-refractivity contribution is 5.40. The minimum absolute atomic E-state index is 0.780. The third-order valence-corrected chi connectivity index (χ3v) is 3.69. The number of aromatic nitrogens is 2. The Balaban J connectivity index is 1.71. The predicted molar refractivity (Wildman–Crippen MR) is 75.9 cm³/mol. The molecule has 2 fully saturated rings. The van der Waals surface area contributed by atoms with Gasteiger partial charge in [0, 0.05) is 37.9 Å². The third kappa shape index (κ3) is 3.45. The maximum Gasteiger partial charge on any atom is 0.144 e. The zero-order valence-electron chi connectivity index (χ0n) is 12.0. The van der Waals surface area contributed by atoms with E-state index in [9.17, 15) is 0 Å². The second-order valence-corrected chi connectivity index (χ2v) is 5.27. The van der Waals surface area contributed by atoms with Crippen LogP contribution in [0.4, 0.5) is 5.82 Å². The average molecular weight is 278 g/mol. The van der Waals surface area contributed by atoms with Gasteiger partial charge >= 0.3 is 0 Å². The molecule has 0 aliphatic carbocycles. The quantitative estimate of drug-likeness (QED) is 0.800. The molecule has 0 bridgehead atoms. The van der Waals surface area contributed by atoms with Crippen molar-refractivity contribution in [2.45, 2.75) is 13.5 Å². The second kappa shape index (κ2) is 6.47. The summed E-state index contributed by atoms with van der Waals surface area (Å²) >= 11 is 0. The standard InChI is InChI=1S/C14H22N4O2/c1-12-10-14(18-4-8-20-9-5-18)16-13(15-12)11-17-2-6-19-7-3-17/h10H,2-9,11H2,1H3. The van der Waals surface area contributed by atoms with E-state index in [0.717, 1.165) is 76.5 Å². The molecule has 0 amide bonds. The summed E-state index contributed by atoms with van der Waals surface area (Å²) in [5.74, 6) is 1.94. The number of rotatable bonds is 3. The Morgan fingerprint density at radius 2 is 1.65 bits per heavy atom. The molecule has 2 aliphatic heterocycles. The zero-order valence-corrected chi connectivity index (χ0v) is 12.0. The van der Waals surface area contributed by atoms with E-state index >= 15 is 0 Å². The molecule has 2 aliphatic rings. The minimum Gasteiger partial charge on any atom is -0.379 e. The number of hydrogen-bond donors (Lipinski definition) is 0. The molecule has 0 spiro atoms. The Morgan fingerprint density at radius 3 is 2.35 bits per heavy atom. The average Bonchev–Trinajstić information content (AvgIpc) is 2.49. The van der Waals surface area contributed by atoms with Crippen LogP contribution in [0.15, 0.2) is 6.07 Å². The number of aryl methyl sites for hydroxylation is 1. The van der Waals surface area contributed by atoms with Gasteiger partial charge in [-0.3, -0.25) is 4.90 Å². The van der Waals surface area contributed by atoms with Crippen LogP contribution >= 0.6 is 0 Å². The van der Waals surface area contributed by atoms with Gasteiger partial charge in [-0.1, -0.05) is 0 Å². The van der Waals surface area contributed by atoms with E-state index in [1.165, 1.54) is 0 Å². The summed E-state index contributed by atoms with van der Waals surface area (Å²) in [4.78, 5) is 13.9. The maximum absolute atomic E-state index is 5.40. The maximum atomic E-state index is 5.40. The van der Waals surface area contributed by atoms with E-state index in [0.29, 0.717) is 0 Å². The normalized spacial score (nSPS) is 21.1. The molecule has 0 aromatic carbocycles. The first kappa shape index (κ1) is 13.7. The first-order chi connectivity index (χ1) is 9.81. The molecule has 3 rings (SSSR count). The van der Waals surface area contributed by atoms with E-state index < -0.39 is 0 Å². The second-order valence-electron chi connectivity index (χ2n) is 5.27. The molecule has 20 heavy (non-hydrogen) atoms. The van der Waals surface area contributed by atoms with Crippen LogP contribution < -0.4 is 4.90 Å². The van der Waals surface area contributed by atoms with E-state index in [-0.39, 0.29) is 0 Å². The van der Waals surface area contributed by atoms with Crippen molar-refractivity contribution in [1.29, 1.82) is 0 Å². The lowest BCUT2D eigenvalue weighted by Crippen LogP contribution is -2.38. The Bertz CT molecular complexity index is 443. The van der Waals surface area contributed by atoms with Crippen molar-refractivity contribution in [2.75, 3.05) is 57.5 Å². The molecule has 3 heterocycles. The number of hydrogen-bond acceptors (Lipinski definition) is 6. The van der Waals surface area contributed by atoms with Gasteiger partial charge in [-0.2, -0.15) is 0 Å². The number of anilines is 1. The summed E-state index contributed by atoms with van der Waals surface area (Å²) < 4.78 is 10.8. The minimum atomic E-state index is 0.780. The lowest BCUT2D eigenvalue weighted by atomic mass is 10.3. The van der Waals surface area contributed by atoms with Crippen LogP contribution in [-0.4, -0.2) is 67.5 Å². The Morgan fingerprint density at radius 1 is 1.00 bits per heavy atom. The van der Waals surface area contributed by atoms with Crippen molar-refractivity contribution >= 4 is 5.82 Å². The fourth-order valence-corrected chi connectivity index (χ4v) is 2.60. The molecular weight excluding hydrogens is 256 g/mol. The number of morpholine rings is 2. The van der Waals surface area contributed by atoms with Gasteiger partial charge in [0.1, 0.15) is 11.6 Å². The van der Waals surface area contributed by atoms with E-state index in [1.807, 2.05) is 6.92 Å². The Hall–Kier alpha value is -1.24. The molecule has 0 N–H and O–H groups in total. The molecule has 0 atom stereocenters. The van der Waals surface area contributed by atoms with Gasteiger partial charge in [0.05, 0.1) is 33.0 Å². The first-order valence-corrected chi connectivity index (χ1v) is 7.28. The molecule has 0 radical (unpaired) electrons. The highest BCUT2D eigenvalue weighted by Crippen LogP contribution is 2.15. The van der Waals surface area contributed by atoms with Crippen molar-refractivity contribution in [3.05, 3.63) is 17.6 Å². The van der Waals surface area contributed by atoms with E-state index in [1.54, 1.807) is 0 Å². The SMILES string of the molecule is Cc1cc(N2CCOCC2)nc(CN2CCOCC2)n1.